The molecule has 3 aromatic carbocycles. The third-order valence-corrected chi connectivity index (χ3v) is 5.30. The Morgan fingerprint density at radius 1 is 0.889 bits per heavy atom. The Morgan fingerprint density at radius 2 is 1.56 bits per heavy atom. The highest BCUT2D eigenvalue weighted by atomic mass is 32.2. The first-order valence-corrected chi connectivity index (χ1v) is 9.86. The van der Waals surface area contributed by atoms with E-state index in [1.54, 1.807) is 43.5 Å². The van der Waals surface area contributed by atoms with Gasteiger partial charge in [0.25, 0.3) is 0 Å². The molecule has 0 unspecified atom stereocenters. The molecule has 0 amide bonds. The number of methoxy groups -OCH3 is 1. The second-order valence-electron chi connectivity index (χ2n) is 6.04. The van der Waals surface area contributed by atoms with Gasteiger partial charge >= 0.3 is 10.1 Å². The van der Waals surface area contributed by atoms with E-state index in [0.717, 1.165) is 22.6 Å². The predicted octanol–water partition coefficient (Wildman–Crippen LogP) is 4.38. The molecule has 0 aliphatic carbocycles. The number of benzene rings is 3. The Hall–Kier alpha value is -2.99. The SMILES string of the molecule is COc1ccc(NCc2ccccc2OS(=O)(=O)c2ccc(C)cc2)cc1. The first-order chi connectivity index (χ1) is 13.0. The van der Waals surface area contributed by atoms with Crippen LogP contribution in [0.1, 0.15) is 11.1 Å². The summed E-state index contributed by atoms with van der Waals surface area (Å²) >= 11 is 0. The van der Waals surface area contributed by atoms with Gasteiger partial charge in [0.05, 0.1) is 7.11 Å². The van der Waals surface area contributed by atoms with Crippen LogP contribution < -0.4 is 14.2 Å². The number of ether oxygens (including phenoxy) is 1. The van der Waals surface area contributed by atoms with Crippen LogP contribution in [0.3, 0.4) is 0 Å². The highest BCUT2D eigenvalue weighted by Gasteiger charge is 2.18. The molecule has 1 N–H and O–H groups in total. The lowest BCUT2D eigenvalue weighted by molar-refractivity contribution is 0.415. The van der Waals surface area contributed by atoms with Crippen LogP contribution in [0.4, 0.5) is 5.69 Å². The second-order valence-corrected chi connectivity index (χ2v) is 7.59. The molecule has 0 heterocycles. The first kappa shape index (κ1) is 18.8. The number of rotatable bonds is 7. The van der Waals surface area contributed by atoms with Crippen molar-refractivity contribution in [1.29, 1.82) is 0 Å². The van der Waals surface area contributed by atoms with Crippen molar-refractivity contribution in [2.75, 3.05) is 12.4 Å². The van der Waals surface area contributed by atoms with Crippen molar-refractivity contribution in [2.45, 2.75) is 18.4 Å². The average molecular weight is 383 g/mol. The van der Waals surface area contributed by atoms with Crippen LogP contribution in [0.2, 0.25) is 0 Å². The van der Waals surface area contributed by atoms with Crippen LogP contribution in [0.5, 0.6) is 11.5 Å². The molecule has 0 atom stereocenters. The van der Waals surface area contributed by atoms with Crippen molar-refractivity contribution in [3.63, 3.8) is 0 Å². The van der Waals surface area contributed by atoms with Crippen molar-refractivity contribution < 1.29 is 17.3 Å². The topological polar surface area (TPSA) is 64.6 Å². The predicted molar refractivity (Wildman–Crippen MR) is 106 cm³/mol. The summed E-state index contributed by atoms with van der Waals surface area (Å²) in [5.74, 6) is 1.08. The summed E-state index contributed by atoms with van der Waals surface area (Å²) in [7, 11) is -2.27. The molecule has 0 saturated heterocycles. The number of hydrogen-bond acceptors (Lipinski definition) is 5. The summed E-state index contributed by atoms with van der Waals surface area (Å²) in [5.41, 5.74) is 2.62. The van der Waals surface area contributed by atoms with Gasteiger partial charge in [-0.1, -0.05) is 35.9 Å². The van der Waals surface area contributed by atoms with Crippen LogP contribution in [-0.4, -0.2) is 15.5 Å². The van der Waals surface area contributed by atoms with E-state index in [1.807, 2.05) is 43.3 Å². The number of para-hydroxylation sites is 1. The van der Waals surface area contributed by atoms with E-state index in [2.05, 4.69) is 5.32 Å². The lowest BCUT2D eigenvalue weighted by atomic mass is 10.2. The second kappa shape index (κ2) is 8.14. The molecule has 3 rings (SSSR count). The average Bonchev–Trinajstić information content (AvgIpc) is 2.68. The quantitative estimate of drug-likeness (QED) is 0.613. The van der Waals surface area contributed by atoms with Gasteiger partial charge in [-0.05, 0) is 49.4 Å². The summed E-state index contributed by atoms with van der Waals surface area (Å²) in [6.07, 6.45) is 0. The van der Waals surface area contributed by atoms with Gasteiger partial charge in [0.15, 0.2) is 0 Å². The molecule has 5 nitrogen and oxygen atoms in total. The Balaban J connectivity index is 1.76. The fourth-order valence-corrected chi connectivity index (χ4v) is 3.47. The number of aryl methyl sites for hydroxylation is 1. The Bertz CT molecular complexity index is 997. The van der Waals surface area contributed by atoms with E-state index in [-0.39, 0.29) is 4.90 Å². The highest BCUT2D eigenvalue weighted by molar-refractivity contribution is 7.87. The molecule has 3 aromatic rings. The van der Waals surface area contributed by atoms with Crippen LogP contribution >= 0.6 is 0 Å². The summed E-state index contributed by atoms with van der Waals surface area (Å²) in [5, 5.41) is 3.26. The molecular weight excluding hydrogens is 362 g/mol. The van der Waals surface area contributed by atoms with Crippen LogP contribution in [0.25, 0.3) is 0 Å². The molecule has 0 spiro atoms. The van der Waals surface area contributed by atoms with Gasteiger partial charge in [-0.15, -0.1) is 0 Å². The summed E-state index contributed by atoms with van der Waals surface area (Å²) in [4.78, 5) is 0.131. The van der Waals surface area contributed by atoms with Crippen molar-refractivity contribution in [3.8, 4) is 11.5 Å². The third kappa shape index (κ3) is 4.80. The number of anilines is 1. The fraction of sp³-hybridized carbons (Fsp3) is 0.143. The van der Waals surface area contributed by atoms with E-state index < -0.39 is 10.1 Å². The Morgan fingerprint density at radius 3 is 2.22 bits per heavy atom. The molecule has 0 radical (unpaired) electrons. The van der Waals surface area contributed by atoms with Crippen LogP contribution in [0, 0.1) is 6.92 Å². The summed E-state index contributed by atoms with van der Waals surface area (Å²) in [6, 6.07) is 21.1. The van der Waals surface area contributed by atoms with Gasteiger partial charge in [-0.25, -0.2) is 0 Å². The molecule has 0 saturated carbocycles. The number of hydrogen-bond donors (Lipinski definition) is 1. The van der Waals surface area contributed by atoms with E-state index >= 15 is 0 Å². The molecule has 6 heteroatoms. The number of nitrogens with one attached hydrogen (secondary N) is 1. The molecule has 0 bridgehead atoms. The van der Waals surface area contributed by atoms with Gasteiger partial charge in [0, 0.05) is 17.8 Å². The van der Waals surface area contributed by atoms with E-state index in [1.165, 1.54) is 0 Å². The molecule has 0 fully saturated rings. The summed E-state index contributed by atoms with van der Waals surface area (Å²) < 4.78 is 35.6. The van der Waals surface area contributed by atoms with E-state index in [9.17, 15) is 8.42 Å². The maximum atomic E-state index is 12.6. The monoisotopic (exact) mass is 383 g/mol. The van der Waals surface area contributed by atoms with E-state index in [0.29, 0.717) is 12.3 Å². The maximum absolute atomic E-state index is 12.6. The fourth-order valence-electron chi connectivity index (χ4n) is 2.51. The van der Waals surface area contributed by atoms with Gasteiger partial charge in [0.1, 0.15) is 16.4 Å². The van der Waals surface area contributed by atoms with Gasteiger partial charge in [0.2, 0.25) is 0 Å². The largest absolute Gasteiger partial charge is 0.497 e. The van der Waals surface area contributed by atoms with Gasteiger partial charge in [-0.3, -0.25) is 0 Å². The summed E-state index contributed by atoms with van der Waals surface area (Å²) in [6.45, 7) is 2.32. The minimum Gasteiger partial charge on any atom is -0.497 e. The zero-order valence-corrected chi connectivity index (χ0v) is 16.0. The van der Waals surface area contributed by atoms with Gasteiger partial charge < -0.3 is 14.2 Å². The minimum absolute atomic E-state index is 0.131. The highest BCUT2D eigenvalue weighted by Crippen LogP contribution is 2.24. The lowest BCUT2D eigenvalue weighted by Crippen LogP contribution is -2.12. The molecule has 0 aliphatic heterocycles. The third-order valence-electron chi connectivity index (χ3n) is 4.05. The Labute approximate surface area is 159 Å². The normalized spacial score (nSPS) is 11.0. The van der Waals surface area contributed by atoms with Gasteiger partial charge in [-0.2, -0.15) is 8.42 Å². The van der Waals surface area contributed by atoms with Crippen LogP contribution in [0.15, 0.2) is 77.7 Å². The lowest BCUT2D eigenvalue weighted by Gasteiger charge is -2.13. The van der Waals surface area contributed by atoms with Crippen molar-refractivity contribution >= 4 is 15.8 Å². The molecule has 0 aromatic heterocycles. The molecule has 27 heavy (non-hydrogen) atoms. The minimum atomic E-state index is -3.89. The molecule has 140 valence electrons. The van der Waals surface area contributed by atoms with Crippen molar-refractivity contribution in [3.05, 3.63) is 83.9 Å². The maximum Gasteiger partial charge on any atom is 0.339 e. The van der Waals surface area contributed by atoms with E-state index in [4.69, 9.17) is 8.92 Å². The molecule has 0 aliphatic rings. The standard InChI is InChI=1S/C21H21NO4S/c1-16-7-13-20(14-8-16)27(23,24)26-21-6-4-3-5-17(21)15-22-18-9-11-19(25-2)12-10-18/h3-14,22H,15H2,1-2H3. The van der Waals surface area contributed by atoms with Crippen molar-refractivity contribution in [1.82, 2.24) is 0 Å². The smallest absolute Gasteiger partial charge is 0.339 e. The van der Waals surface area contributed by atoms with Crippen molar-refractivity contribution in [2.24, 2.45) is 0 Å². The Kier molecular flexibility index (Phi) is 5.66. The zero-order valence-electron chi connectivity index (χ0n) is 15.2. The molecular formula is C21H21NO4S. The zero-order chi connectivity index (χ0) is 19.3. The van der Waals surface area contributed by atoms with Crippen LogP contribution in [-0.2, 0) is 16.7 Å². The first-order valence-electron chi connectivity index (χ1n) is 8.45.